The van der Waals surface area contributed by atoms with Crippen molar-refractivity contribution < 1.29 is 9.53 Å². The first-order valence-corrected chi connectivity index (χ1v) is 7.43. The molecule has 2 rings (SSSR count). The number of carbonyl (C=O) groups is 1. The van der Waals surface area contributed by atoms with E-state index in [2.05, 4.69) is 10.3 Å². The minimum atomic E-state index is -0.555. The SMILES string of the molecule is CC[C@@H](Oc1ccc(Cl)cc1)C(=O)Nc1ncc(C)s1. The summed E-state index contributed by atoms with van der Waals surface area (Å²) < 4.78 is 5.67. The molecule has 0 unspecified atom stereocenters. The van der Waals surface area contributed by atoms with E-state index in [-0.39, 0.29) is 5.91 Å². The van der Waals surface area contributed by atoms with Gasteiger partial charge in [-0.15, -0.1) is 11.3 Å². The van der Waals surface area contributed by atoms with E-state index < -0.39 is 6.10 Å². The Bertz CT molecular complexity index is 583. The van der Waals surface area contributed by atoms with E-state index >= 15 is 0 Å². The van der Waals surface area contributed by atoms with Crippen molar-refractivity contribution in [2.75, 3.05) is 5.32 Å². The van der Waals surface area contributed by atoms with Crippen LogP contribution in [0.1, 0.15) is 18.2 Å². The van der Waals surface area contributed by atoms with Crippen LogP contribution in [0.15, 0.2) is 30.5 Å². The maximum absolute atomic E-state index is 12.1. The van der Waals surface area contributed by atoms with Gasteiger partial charge < -0.3 is 4.74 Å². The van der Waals surface area contributed by atoms with Crippen LogP contribution in [0, 0.1) is 6.92 Å². The molecule has 2 aromatic rings. The lowest BCUT2D eigenvalue weighted by molar-refractivity contribution is -0.122. The zero-order valence-corrected chi connectivity index (χ0v) is 12.8. The fraction of sp³-hybridized carbons (Fsp3) is 0.286. The van der Waals surface area contributed by atoms with Crippen LogP contribution in [0.2, 0.25) is 5.02 Å². The van der Waals surface area contributed by atoms with E-state index in [1.165, 1.54) is 11.3 Å². The van der Waals surface area contributed by atoms with Crippen LogP contribution in [0.5, 0.6) is 5.75 Å². The fourth-order valence-corrected chi connectivity index (χ4v) is 2.39. The van der Waals surface area contributed by atoms with Crippen molar-refractivity contribution in [2.45, 2.75) is 26.4 Å². The van der Waals surface area contributed by atoms with Crippen molar-refractivity contribution in [3.63, 3.8) is 0 Å². The smallest absolute Gasteiger partial charge is 0.267 e. The fourth-order valence-electron chi connectivity index (χ4n) is 1.60. The summed E-state index contributed by atoms with van der Waals surface area (Å²) in [5.74, 6) is 0.420. The molecule has 1 aromatic carbocycles. The van der Waals surface area contributed by atoms with Crippen molar-refractivity contribution in [3.8, 4) is 5.75 Å². The lowest BCUT2D eigenvalue weighted by Gasteiger charge is -2.16. The van der Waals surface area contributed by atoms with Gasteiger partial charge in [0.2, 0.25) is 0 Å². The summed E-state index contributed by atoms with van der Waals surface area (Å²) in [4.78, 5) is 17.3. The molecule has 4 nitrogen and oxygen atoms in total. The lowest BCUT2D eigenvalue weighted by atomic mass is 10.2. The molecule has 106 valence electrons. The van der Waals surface area contributed by atoms with Crippen LogP contribution >= 0.6 is 22.9 Å². The number of rotatable bonds is 5. The molecule has 1 aromatic heterocycles. The van der Waals surface area contributed by atoms with Gasteiger partial charge in [-0.3, -0.25) is 10.1 Å². The molecule has 0 saturated heterocycles. The largest absolute Gasteiger partial charge is 0.481 e. The van der Waals surface area contributed by atoms with Crippen molar-refractivity contribution in [1.29, 1.82) is 0 Å². The van der Waals surface area contributed by atoms with Gasteiger partial charge in [-0.2, -0.15) is 0 Å². The van der Waals surface area contributed by atoms with Gasteiger partial charge in [0.25, 0.3) is 5.91 Å². The molecule has 0 aliphatic rings. The maximum atomic E-state index is 12.1. The summed E-state index contributed by atoms with van der Waals surface area (Å²) >= 11 is 7.25. The average molecular weight is 311 g/mol. The van der Waals surface area contributed by atoms with Crippen LogP contribution in [0.4, 0.5) is 5.13 Å². The molecule has 0 aliphatic heterocycles. The number of hydrogen-bond acceptors (Lipinski definition) is 4. The molecule has 6 heteroatoms. The maximum Gasteiger partial charge on any atom is 0.267 e. The average Bonchev–Trinajstić information content (AvgIpc) is 2.83. The third kappa shape index (κ3) is 3.95. The number of thiazole rings is 1. The molecule has 0 radical (unpaired) electrons. The van der Waals surface area contributed by atoms with Crippen molar-refractivity contribution in [2.24, 2.45) is 0 Å². The Balaban J connectivity index is 2.00. The van der Waals surface area contributed by atoms with Gasteiger partial charge in [0, 0.05) is 16.1 Å². The summed E-state index contributed by atoms with van der Waals surface area (Å²) in [5.41, 5.74) is 0. The number of hydrogen-bond donors (Lipinski definition) is 1. The normalized spacial score (nSPS) is 11.9. The van der Waals surface area contributed by atoms with E-state index in [1.54, 1.807) is 30.5 Å². The Morgan fingerprint density at radius 3 is 2.70 bits per heavy atom. The van der Waals surface area contributed by atoms with Crippen LogP contribution in [-0.2, 0) is 4.79 Å². The van der Waals surface area contributed by atoms with Gasteiger partial charge in [0.05, 0.1) is 0 Å². The molecular weight excluding hydrogens is 296 g/mol. The zero-order valence-electron chi connectivity index (χ0n) is 11.2. The predicted molar refractivity (Wildman–Crippen MR) is 81.6 cm³/mol. The Kier molecular flexibility index (Phi) is 4.98. The highest BCUT2D eigenvalue weighted by molar-refractivity contribution is 7.15. The molecule has 1 heterocycles. The third-order valence-electron chi connectivity index (χ3n) is 2.61. The second-order valence-corrected chi connectivity index (χ2v) is 5.91. The van der Waals surface area contributed by atoms with Crippen molar-refractivity contribution in [3.05, 3.63) is 40.4 Å². The highest BCUT2D eigenvalue weighted by atomic mass is 35.5. The molecule has 0 spiro atoms. The summed E-state index contributed by atoms with van der Waals surface area (Å²) in [6, 6.07) is 6.94. The van der Waals surface area contributed by atoms with Gasteiger partial charge >= 0.3 is 0 Å². The lowest BCUT2D eigenvalue weighted by Crippen LogP contribution is -2.32. The third-order valence-corrected chi connectivity index (χ3v) is 3.69. The van der Waals surface area contributed by atoms with E-state index in [4.69, 9.17) is 16.3 Å². The van der Waals surface area contributed by atoms with E-state index in [9.17, 15) is 4.79 Å². The standard InChI is InChI=1S/C14H15ClN2O2S/c1-3-12(19-11-6-4-10(15)5-7-11)13(18)17-14-16-8-9(2)20-14/h4-8,12H,3H2,1-2H3,(H,16,17,18)/t12-/m1/s1. The minimum absolute atomic E-state index is 0.197. The van der Waals surface area contributed by atoms with Crippen molar-refractivity contribution >= 4 is 34.0 Å². The number of aryl methyl sites for hydroxylation is 1. The summed E-state index contributed by atoms with van der Waals surface area (Å²) in [6.07, 6.45) is 1.74. The molecule has 0 aliphatic carbocycles. The van der Waals surface area contributed by atoms with Gasteiger partial charge in [-0.25, -0.2) is 4.98 Å². The van der Waals surface area contributed by atoms with E-state index in [1.807, 2.05) is 13.8 Å². The van der Waals surface area contributed by atoms with E-state index in [0.29, 0.717) is 22.3 Å². The number of nitrogens with zero attached hydrogens (tertiary/aromatic N) is 1. The van der Waals surface area contributed by atoms with Gasteiger partial charge in [0.1, 0.15) is 5.75 Å². The summed E-state index contributed by atoms with van der Waals surface area (Å²) in [5, 5.41) is 3.98. The molecule has 0 saturated carbocycles. The molecule has 1 N–H and O–H groups in total. The molecule has 0 fully saturated rings. The summed E-state index contributed by atoms with van der Waals surface area (Å²) in [6.45, 7) is 3.84. The first-order valence-electron chi connectivity index (χ1n) is 6.24. The molecular formula is C14H15ClN2O2S. The molecule has 0 bridgehead atoms. The number of anilines is 1. The molecule has 20 heavy (non-hydrogen) atoms. The Morgan fingerprint density at radius 1 is 1.45 bits per heavy atom. The summed E-state index contributed by atoms with van der Waals surface area (Å²) in [7, 11) is 0. The second kappa shape index (κ2) is 6.72. The number of nitrogens with one attached hydrogen (secondary N) is 1. The number of aromatic nitrogens is 1. The number of benzene rings is 1. The Labute approximate surface area is 126 Å². The van der Waals surface area contributed by atoms with Crippen molar-refractivity contribution in [1.82, 2.24) is 4.98 Å². The minimum Gasteiger partial charge on any atom is -0.481 e. The number of amides is 1. The topological polar surface area (TPSA) is 51.2 Å². The van der Waals surface area contributed by atoms with Crippen LogP contribution in [0.3, 0.4) is 0 Å². The van der Waals surface area contributed by atoms with Crippen LogP contribution in [0.25, 0.3) is 0 Å². The quantitative estimate of drug-likeness (QED) is 0.911. The molecule has 1 atom stereocenters. The van der Waals surface area contributed by atoms with E-state index in [0.717, 1.165) is 4.88 Å². The number of carbonyl (C=O) groups excluding carboxylic acids is 1. The first-order chi connectivity index (χ1) is 9.58. The Hall–Kier alpha value is -1.59. The second-order valence-electron chi connectivity index (χ2n) is 4.23. The molecule has 1 amide bonds. The van der Waals surface area contributed by atoms with Gasteiger partial charge in [-0.05, 0) is 37.6 Å². The van der Waals surface area contributed by atoms with Crippen LogP contribution in [-0.4, -0.2) is 17.0 Å². The number of ether oxygens (including phenoxy) is 1. The zero-order chi connectivity index (χ0) is 14.5. The van der Waals surface area contributed by atoms with Crippen LogP contribution < -0.4 is 10.1 Å². The van der Waals surface area contributed by atoms with Gasteiger partial charge in [-0.1, -0.05) is 18.5 Å². The monoisotopic (exact) mass is 310 g/mol. The Morgan fingerprint density at radius 2 is 2.15 bits per heavy atom. The predicted octanol–water partition coefficient (Wildman–Crippen LogP) is 3.90. The first kappa shape index (κ1) is 14.8. The highest BCUT2D eigenvalue weighted by Gasteiger charge is 2.19. The van der Waals surface area contributed by atoms with Gasteiger partial charge in [0.15, 0.2) is 11.2 Å². The number of halogens is 1. The highest BCUT2D eigenvalue weighted by Crippen LogP contribution is 2.20.